The molecule has 14 heavy (non-hydrogen) atoms. The quantitative estimate of drug-likeness (QED) is 0.751. The van der Waals surface area contributed by atoms with Crippen molar-refractivity contribution in [3.05, 3.63) is 41.5 Å². The molecule has 0 saturated heterocycles. The van der Waals surface area contributed by atoms with Crippen LogP contribution in [-0.4, -0.2) is 17.9 Å². The lowest BCUT2D eigenvalue weighted by molar-refractivity contribution is 0.102. The third-order valence-electron chi connectivity index (χ3n) is 1.69. The molecular weight excluding hydrogens is 180 g/mol. The van der Waals surface area contributed by atoms with Crippen molar-refractivity contribution in [3.8, 4) is 0 Å². The molecule has 1 aromatic rings. The Morgan fingerprint density at radius 3 is 2.93 bits per heavy atom. The summed E-state index contributed by atoms with van der Waals surface area (Å²) in [5.41, 5.74) is 2.23. The Hall–Kier alpha value is -1.77. The number of rotatable bonds is 3. The summed E-state index contributed by atoms with van der Waals surface area (Å²) in [6.45, 7) is 2.12. The Kier molecular flexibility index (Phi) is 3.19. The van der Waals surface area contributed by atoms with Crippen molar-refractivity contribution in [1.29, 1.82) is 1.43 Å². The minimum Gasteiger partial charge on any atom is -0.450 e. The third-order valence-corrected chi connectivity index (χ3v) is 1.69. The molecule has 0 aromatic heterocycles. The fraction of sp³-hybridized carbons (Fsp3) is 0.182. The standard InChI is InChI=1S/C11H12O3/c1-9-4-6-10(7-5-9)3-2-8-14-11(12)13/h2-7H,8H2,1H3,(H,12,13)/b3-2+/i/hD. The van der Waals surface area contributed by atoms with Gasteiger partial charge < -0.3 is 9.85 Å². The minimum atomic E-state index is -0.997. The molecule has 0 aliphatic heterocycles. The van der Waals surface area contributed by atoms with Crippen LogP contribution in [0.3, 0.4) is 0 Å². The van der Waals surface area contributed by atoms with Gasteiger partial charge in [0.25, 0.3) is 0 Å². The topological polar surface area (TPSA) is 46.5 Å². The lowest BCUT2D eigenvalue weighted by atomic mass is 10.1. The van der Waals surface area contributed by atoms with E-state index in [1.54, 1.807) is 6.08 Å². The van der Waals surface area contributed by atoms with E-state index in [1.165, 1.54) is 5.56 Å². The van der Waals surface area contributed by atoms with E-state index >= 15 is 0 Å². The Bertz CT molecular complexity index is 343. The predicted molar refractivity (Wildman–Crippen MR) is 54.2 cm³/mol. The van der Waals surface area contributed by atoms with E-state index < -0.39 is 6.16 Å². The Balaban J connectivity index is 2.38. The fourth-order valence-electron chi connectivity index (χ4n) is 0.978. The zero-order valence-electron chi connectivity index (χ0n) is 8.90. The molecule has 0 fully saturated rings. The van der Waals surface area contributed by atoms with Crippen LogP contribution in [0.1, 0.15) is 11.1 Å². The van der Waals surface area contributed by atoms with E-state index in [1.807, 2.05) is 37.3 Å². The second kappa shape index (κ2) is 5.07. The molecular formula is C11H12O3. The van der Waals surface area contributed by atoms with Crippen LogP contribution in [0.15, 0.2) is 30.3 Å². The summed E-state index contributed by atoms with van der Waals surface area (Å²) in [6.07, 6.45) is 2.52. The van der Waals surface area contributed by atoms with Crippen LogP contribution in [0.2, 0.25) is 0 Å². The molecule has 0 aliphatic rings. The lowest BCUT2D eigenvalue weighted by Gasteiger charge is -1.95. The summed E-state index contributed by atoms with van der Waals surface area (Å²) in [6, 6.07) is 7.93. The number of ether oxygens (including phenoxy) is 1. The molecule has 3 nitrogen and oxygen atoms in total. The van der Waals surface area contributed by atoms with Gasteiger partial charge in [0.05, 0.1) is 0 Å². The van der Waals surface area contributed by atoms with Crippen LogP contribution in [0.4, 0.5) is 4.79 Å². The molecule has 0 atom stereocenters. The van der Waals surface area contributed by atoms with Crippen molar-refractivity contribution in [2.24, 2.45) is 0 Å². The second-order valence-electron chi connectivity index (χ2n) is 2.87. The van der Waals surface area contributed by atoms with E-state index in [0.29, 0.717) is 0 Å². The Morgan fingerprint density at radius 1 is 1.57 bits per heavy atom. The smallest absolute Gasteiger partial charge is 0.450 e. The van der Waals surface area contributed by atoms with Gasteiger partial charge in [0.15, 0.2) is 0 Å². The molecule has 1 N–H and O–H groups in total. The predicted octanol–water partition coefficient (Wildman–Crippen LogP) is 2.70. The first-order chi connectivity index (χ1) is 7.22. The van der Waals surface area contributed by atoms with Gasteiger partial charge in [-0.2, -0.15) is 0 Å². The maximum absolute atomic E-state index is 10.4. The van der Waals surface area contributed by atoms with Gasteiger partial charge in [-0.05, 0) is 18.6 Å². The summed E-state index contributed by atoms with van der Waals surface area (Å²) < 4.78 is 10.7. The number of aryl methyl sites for hydroxylation is 1. The SMILES string of the molecule is [2H]OC(=O)OC/C=C/c1ccc(C)cc1. The summed E-state index contributed by atoms with van der Waals surface area (Å²) in [7, 11) is 0. The first kappa shape index (κ1) is 8.81. The summed E-state index contributed by atoms with van der Waals surface area (Å²) in [5.74, 6) is 0. The normalized spacial score (nSPS) is 11.1. The van der Waals surface area contributed by atoms with Crippen LogP contribution >= 0.6 is 0 Å². The van der Waals surface area contributed by atoms with Crippen LogP contribution in [0.25, 0.3) is 7.51 Å². The molecule has 0 heterocycles. The van der Waals surface area contributed by atoms with E-state index in [4.69, 9.17) is 1.43 Å². The number of hydrogen-bond acceptors (Lipinski definition) is 3. The van der Waals surface area contributed by atoms with Crippen LogP contribution in [0, 0.1) is 6.92 Å². The monoisotopic (exact) mass is 193 g/mol. The molecule has 0 unspecified atom stereocenters. The number of carbonyl (C=O) groups is 1. The van der Waals surface area contributed by atoms with Crippen molar-refractivity contribution in [2.45, 2.75) is 6.92 Å². The van der Waals surface area contributed by atoms with Crippen LogP contribution in [-0.2, 0) is 4.74 Å². The second-order valence-corrected chi connectivity index (χ2v) is 2.87. The molecule has 1 aromatic carbocycles. The molecule has 1 rings (SSSR count). The van der Waals surface area contributed by atoms with Crippen molar-refractivity contribution in [1.82, 2.24) is 0 Å². The minimum absolute atomic E-state index is 0.103. The number of carboxylic acid groups (broad SMARTS) is 1. The molecule has 0 saturated carbocycles. The molecule has 74 valence electrons. The van der Waals surface area contributed by atoms with E-state index in [0.717, 1.165) is 5.56 Å². The number of hydrogen-bond donors (Lipinski definition) is 1. The van der Waals surface area contributed by atoms with E-state index in [-0.39, 0.29) is 6.61 Å². The highest BCUT2D eigenvalue weighted by Crippen LogP contribution is 2.04. The highest BCUT2D eigenvalue weighted by atomic mass is 16.7. The summed E-state index contributed by atoms with van der Waals surface area (Å²) in [5, 5.41) is 3.57. The lowest BCUT2D eigenvalue weighted by Crippen LogP contribution is -1.98. The molecule has 0 amide bonds. The first-order valence-electron chi connectivity index (χ1n) is 4.66. The van der Waals surface area contributed by atoms with Crippen molar-refractivity contribution < 1.29 is 14.6 Å². The van der Waals surface area contributed by atoms with Gasteiger partial charge >= 0.3 is 7.59 Å². The van der Waals surface area contributed by atoms with Gasteiger partial charge in [0, 0.05) is 0 Å². The highest BCUT2D eigenvalue weighted by molar-refractivity contribution is 5.57. The third kappa shape index (κ3) is 3.76. The maximum atomic E-state index is 10.4. The van der Waals surface area contributed by atoms with Crippen molar-refractivity contribution >= 4 is 12.2 Å². The average molecular weight is 193 g/mol. The summed E-state index contributed by atoms with van der Waals surface area (Å²) >= 11 is 0. The van der Waals surface area contributed by atoms with Gasteiger partial charge in [-0.25, -0.2) is 4.79 Å². The molecule has 0 spiro atoms. The van der Waals surface area contributed by atoms with Gasteiger partial charge in [0.1, 0.15) is 6.61 Å². The zero-order valence-corrected chi connectivity index (χ0v) is 7.90. The van der Waals surface area contributed by atoms with Gasteiger partial charge in [-0.15, -0.1) is 0 Å². The van der Waals surface area contributed by atoms with Gasteiger partial charge in [-0.3, -0.25) is 0 Å². The van der Waals surface area contributed by atoms with Crippen LogP contribution in [0.5, 0.6) is 0 Å². The Morgan fingerprint density at radius 2 is 2.29 bits per heavy atom. The molecule has 0 radical (unpaired) electrons. The molecule has 0 bridgehead atoms. The van der Waals surface area contributed by atoms with E-state index in [2.05, 4.69) is 9.85 Å². The van der Waals surface area contributed by atoms with Gasteiger partial charge in [-0.1, -0.05) is 35.9 Å². The largest absolute Gasteiger partial charge is 0.506 e. The molecule has 3 heteroatoms. The fourth-order valence-corrected chi connectivity index (χ4v) is 0.978. The molecule has 0 aliphatic carbocycles. The average Bonchev–Trinajstić information content (AvgIpc) is 2.26. The van der Waals surface area contributed by atoms with Gasteiger partial charge in [0.2, 0.25) is 0 Å². The van der Waals surface area contributed by atoms with Crippen LogP contribution < -0.4 is 0 Å². The summed E-state index contributed by atoms with van der Waals surface area (Å²) in [4.78, 5) is 10.4. The first-order valence-corrected chi connectivity index (χ1v) is 4.25. The Labute approximate surface area is 84.1 Å². The zero-order chi connectivity index (χ0) is 11.1. The van der Waals surface area contributed by atoms with Crippen molar-refractivity contribution in [3.63, 3.8) is 0 Å². The highest BCUT2D eigenvalue weighted by Gasteiger charge is 1.91. The van der Waals surface area contributed by atoms with E-state index in [9.17, 15) is 4.79 Å². The van der Waals surface area contributed by atoms with Crippen molar-refractivity contribution in [2.75, 3.05) is 6.61 Å². The maximum Gasteiger partial charge on any atom is 0.506 e. The number of benzene rings is 1.